The first kappa shape index (κ1) is 14.6. The van der Waals surface area contributed by atoms with Crippen molar-refractivity contribution in [1.82, 2.24) is 0 Å². The summed E-state index contributed by atoms with van der Waals surface area (Å²) in [5.74, 6) is 0.106. The number of aliphatic hydroxyl groups is 3. The molecule has 3 heteroatoms. The molecule has 0 aromatic rings. The number of rotatable bonds is 9. The van der Waals surface area contributed by atoms with Crippen molar-refractivity contribution in [2.75, 3.05) is 19.8 Å². The van der Waals surface area contributed by atoms with Crippen molar-refractivity contribution in [1.29, 1.82) is 0 Å². The Bertz CT molecular complexity index is 164. The summed E-state index contributed by atoms with van der Waals surface area (Å²) in [5, 5.41) is 27.9. The minimum Gasteiger partial charge on any atom is -0.396 e. The Balaban J connectivity index is 4.69. The van der Waals surface area contributed by atoms with Crippen LogP contribution in [0, 0.1) is 11.3 Å². The number of hydrogen-bond donors (Lipinski definition) is 3. The van der Waals surface area contributed by atoms with Gasteiger partial charge in [-0.15, -0.1) is 6.58 Å². The van der Waals surface area contributed by atoms with E-state index in [-0.39, 0.29) is 25.7 Å². The maximum absolute atomic E-state index is 9.46. The molecule has 0 fully saturated rings. The topological polar surface area (TPSA) is 60.7 Å². The van der Waals surface area contributed by atoms with Crippen molar-refractivity contribution in [2.45, 2.75) is 32.6 Å². The second-order valence-corrected chi connectivity index (χ2v) is 4.16. The molecule has 1 atom stereocenters. The zero-order valence-corrected chi connectivity index (χ0v) is 9.65. The van der Waals surface area contributed by atoms with Crippen LogP contribution in [0.5, 0.6) is 0 Å². The van der Waals surface area contributed by atoms with Crippen LogP contribution in [0.15, 0.2) is 12.7 Å². The van der Waals surface area contributed by atoms with E-state index in [1.54, 1.807) is 6.08 Å². The molecule has 0 rings (SSSR count). The van der Waals surface area contributed by atoms with Crippen LogP contribution < -0.4 is 0 Å². The lowest BCUT2D eigenvalue weighted by Crippen LogP contribution is -2.38. The number of hydrogen-bond acceptors (Lipinski definition) is 3. The Kier molecular flexibility index (Phi) is 7.65. The highest BCUT2D eigenvalue weighted by Gasteiger charge is 2.35. The van der Waals surface area contributed by atoms with Gasteiger partial charge >= 0.3 is 0 Å². The molecule has 3 nitrogen and oxygen atoms in total. The lowest BCUT2D eigenvalue weighted by atomic mass is 9.70. The molecule has 15 heavy (non-hydrogen) atoms. The first-order valence-electron chi connectivity index (χ1n) is 5.64. The van der Waals surface area contributed by atoms with Crippen LogP contribution in [0.25, 0.3) is 0 Å². The number of allylic oxidation sites excluding steroid dienone is 1. The smallest absolute Gasteiger partial charge is 0.0512 e. The van der Waals surface area contributed by atoms with Crippen LogP contribution >= 0.6 is 0 Å². The predicted molar refractivity (Wildman–Crippen MR) is 61.5 cm³/mol. The van der Waals surface area contributed by atoms with Crippen molar-refractivity contribution in [2.24, 2.45) is 11.3 Å². The van der Waals surface area contributed by atoms with Crippen LogP contribution in [-0.4, -0.2) is 35.1 Å². The molecule has 90 valence electrons. The van der Waals surface area contributed by atoms with E-state index in [4.69, 9.17) is 5.11 Å². The molecular weight excluding hydrogens is 192 g/mol. The lowest BCUT2D eigenvalue weighted by molar-refractivity contribution is -0.0117. The molecule has 0 heterocycles. The molecule has 0 radical (unpaired) electrons. The Hall–Kier alpha value is -0.380. The molecule has 0 saturated carbocycles. The van der Waals surface area contributed by atoms with E-state index >= 15 is 0 Å². The first-order valence-corrected chi connectivity index (χ1v) is 5.64. The summed E-state index contributed by atoms with van der Waals surface area (Å²) in [5.41, 5.74) is -0.467. The Morgan fingerprint density at radius 1 is 1.27 bits per heavy atom. The van der Waals surface area contributed by atoms with Gasteiger partial charge in [-0.05, 0) is 25.2 Å². The zero-order chi connectivity index (χ0) is 11.7. The van der Waals surface area contributed by atoms with Gasteiger partial charge in [-0.3, -0.25) is 0 Å². The second-order valence-electron chi connectivity index (χ2n) is 4.16. The third-order valence-electron chi connectivity index (χ3n) is 3.17. The summed E-state index contributed by atoms with van der Waals surface area (Å²) in [6.07, 6.45) is 4.81. The molecule has 0 saturated heterocycles. The van der Waals surface area contributed by atoms with Gasteiger partial charge < -0.3 is 15.3 Å². The third-order valence-corrected chi connectivity index (χ3v) is 3.17. The van der Waals surface area contributed by atoms with E-state index in [1.807, 2.05) is 6.92 Å². The summed E-state index contributed by atoms with van der Waals surface area (Å²) in [6.45, 7) is 5.74. The van der Waals surface area contributed by atoms with E-state index in [0.717, 1.165) is 19.3 Å². The van der Waals surface area contributed by atoms with Crippen LogP contribution in [-0.2, 0) is 0 Å². The molecule has 0 amide bonds. The highest BCUT2D eigenvalue weighted by Crippen LogP contribution is 2.36. The maximum Gasteiger partial charge on any atom is 0.0512 e. The predicted octanol–water partition coefficient (Wildman–Crippen LogP) is 1.33. The maximum atomic E-state index is 9.46. The van der Waals surface area contributed by atoms with Crippen LogP contribution in [0.2, 0.25) is 0 Å². The van der Waals surface area contributed by atoms with Gasteiger partial charge in [0.25, 0.3) is 0 Å². The highest BCUT2D eigenvalue weighted by atomic mass is 16.3. The third kappa shape index (κ3) is 3.93. The minimum atomic E-state index is -0.467. The molecule has 1 unspecified atom stereocenters. The standard InChI is InChI=1S/C12H24O3/c1-3-5-11(6-8-13)12(9-14,10-15)7-4-2/h3,11,13-15H,1,4-10H2,2H3. The van der Waals surface area contributed by atoms with Crippen molar-refractivity contribution < 1.29 is 15.3 Å². The largest absolute Gasteiger partial charge is 0.396 e. The van der Waals surface area contributed by atoms with Gasteiger partial charge in [0.15, 0.2) is 0 Å². The van der Waals surface area contributed by atoms with E-state index in [0.29, 0.717) is 6.42 Å². The molecule has 0 spiro atoms. The van der Waals surface area contributed by atoms with Crippen molar-refractivity contribution in [3.63, 3.8) is 0 Å². The van der Waals surface area contributed by atoms with Crippen LogP contribution in [0.3, 0.4) is 0 Å². The average molecular weight is 216 g/mol. The van der Waals surface area contributed by atoms with Crippen molar-refractivity contribution >= 4 is 0 Å². The van der Waals surface area contributed by atoms with E-state index in [2.05, 4.69) is 6.58 Å². The monoisotopic (exact) mass is 216 g/mol. The van der Waals surface area contributed by atoms with Gasteiger partial charge in [-0.25, -0.2) is 0 Å². The van der Waals surface area contributed by atoms with Crippen molar-refractivity contribution in [3.05, 3.63) is 12.7 Å². The Labute approximate surface area is 92.4 Å². The summed E-state index contributed by atoms with van der Waals surface area (Å²) < 4.78 is 0. The van der Waals surface area contributed by atoms with E-state index in [1.165, 1.54) is 0 Å². The fourth-order valence-corrected chi connectivity index (χ4v) is 2.20. The van der Waals surface area contributed by atoms with Crippen molar-refractivity contribution in [3.8, 4) is 0 Å². The van der Waals surface area contributed by atoms with Gasteiger partial charge in [0, 0.05) is 12.0 Å². The van der Waals surface area contributed by atoms with E-state index < -0.39 is 5.41 Å². The summed E-state index contributed by atoms with van der Waals surface area (Å²) in [7, 11) is 0. The van der Waals surface area contributed by atoms with Crippen LogP contribution in [0.1, 0.15) is 32.6 Å². The molecule has 3 N–H and O–H groups in total. The molecule has 0 aromatic heterocycles. The summed E-state index contributed by atoms with van der Waals surface area (Å²) >= 11 is 0. The molecule has 0 aliphatic carbocycles. The molecular formula is C12H24O3. The highest BCUT2D eigenvalue weighted by molar-refractivity contribution is 4.89. The normalized spacial score (nSPS) is 13.9. The molecule has 0 bridgehead atoms. The molecule has 0 aromatic carbocycles. The second kappa shape index (κ2) is 7.85. The lowest BCUT2D eigenvalue weighted by Gasteiger charge is -2.37. The fraction of sp³-hybridized carbons (Fsp3) is 0.833. The molecule has 0 aliphatic heterocycles. The Morgan fingerprint density at radius 2 is 1.87 bits per heavy atom. The van der Waals surface area contributed by atoms with Gasteiger partial charge in [-0.2, -0.15) is 0 Å². The quantitative estimate of drug-likeness (QED) is 0.510. The summed E-state index contributed by atoms with van der Waals surface area (Å²) in [4.78, 5) is 0. The average Bonchev–Trinajstić information content (AvgIpc) is 2.26. The summed E-state index contributed by atoms with van der Waals surface area (Å²) in [6, 6.07) is 0. The van der Waals surface area contributed by atoms with E-state index in [9.17, 15) is 10.2 Å². The Morgan fingerprint density at radius 3 is 2.20 bits per heavy atom. The molecule has 0 aliphatic rings. The van der Waals surface area contributed by atoms with Crippen LogP contribution in [0.4, 0.5) is 0 Å². The number of aliphatic hydroxyl groups excluding tert-OH is 3. The van der Waals surface area contributed by atoms with Gasteiger partial charge in [0.1, 0.15) is 0 Å². The SMILES string of the molecule is C=CCC(CCO)C(CO)(CO)CCC. The fourth-order valence-electron chi connectivity index (χ4n) is 2.20. The van der Waals surface area contributed by atoms with Gasteiger partial charge in [0.05, 0.1) is 13.2 Å². The minimum absolute atomic E-state index is 0.0319. The first-order chi connectivity index (χ1) is 7.20. The van der Waals surface area contributed by atoms with Gasteiger partial charge in [0.2, 0.25) is 0 Å². The zero-order valence-electron chi connectivity index (χ0n) is 9.65. The van der Waals surface area contributed by atoms with Gasteiger partial charge in [-0.1, -0.05) is 19.4 Å².